The first-order chi connectivity index (χ1) is 7.65. The van der Waals surface area contributed by atoms with Gasteiger partial charge in [-0.3, -0.25) is 4.79 Å². The van der Waals surface area contributed by atoms with Crippen molar-refractivity contribution in [2.45, 2.75) is 13.5 Å². The van der Waals surface area contributed by atoms with Gasteiger partial charge in [-0.05, 0) is 53.3 Å². The molecule has 0 atom stereocenters. The highest BCUT2D eigenvalue weighted by molar-refractivity contribution is 14.1. The molecule has 1 aromatic heterocycles. The van der Waals surface area contributed by atoms with Gasteiger partial charge in [0.2, 0.25) is 0 Å². The number of benzene rings is 1. The lowest BCUT2D eigenvalue weighted by atomic mass is 10.2. The van der Waals surface area contributed by atoms with E-state index < -0.39 is 0 Å². The smallest absolute Gasteiger partial charge is 0.161 e. The van der Waals surface area contributed by atoms with Crippen molar-refractivity contribution in [1.29, 1.82) is 0 Å². The zero-order valence-electron chi connectivity index (χ0n) is 8.98. The van der Waals surface area contributed by atoms with Crippen molar-refractivity contribution < 1.29 is 4.79 Å². The summed E-state index contributed by atoms with van der Waals surface area (Å²) in [7, 11) is 0. The number of carbonyl (C=O) groups is 1. The molecule has 82 valence electrons. The van der Waals surface area contributed by atoms with Crippen molar-refractivity contribution in [2.75, 3.05) is 0 Å². The van der Waals surface area contributed by atoms with Gasteiger partial charge in [0.15, 0.2) is 5.78 Å². The maximum absolute atomic E-state index is 11.1. The minimum atomic E-state index is 0.112. The number of aromatic nitrogens is 1. The molecule has 16 heavy (non-hydrogen) atoms. The number of ketones is 1. The van der Waals surface area contributed by atoms with E-state index in [0.717, 1.165) is 12.1 Å². The van der Waals surface area contributed by atoms with Gasteiger partial charge in [0.05, 0.1) is 0 Å². The van der Waals surface area contributed by atoms with Crippen molar-refractivity contribution in [2.24, 2.45) is 0 Å². The molecule has 0 unspecified atom stereocenters. The lowest BCUT2D eigenvalue weighted by Crippen LogP contribution is -1.97. The molecule has 2 rings (SSSR count). The summed E-state index contributed by atoms with van der Waals surface area (Å²) < 4.78 is 3.26. The summed E-state index contributed by atoms with van der Waals surface area (Å²) in [6, 6.07) is 10.2. The van der Waals surface area contributed by atoms with Gasteiger partial charge >= 0.3 is 0 Å². The highest BCUT2D eigenvalue weighted by Gasteiger charge is 2.01. The van der Waals surface area contributed by atoms with E-state index in [1.165, 1.54) is 9.13 Å². The van der Waals surface area contributed by atoms with Gasteiger partial charge in [0, 0.05) is 28.1 Å². The van der Waals surface area contributed by atoms with Crippen molar-refractivity contribution in [3.05, 3.63) is 57.4 Å². The van der Waals surface area contributed by atoms with Crippen LogP contribution in [0.1, 0.15) is 22.8 Å². The minimum Gasteiger partial charge on any atom is -0.349 e. The van der Waals surface area contributed by atoms with Crippen LogP contribution in [0.4, 0.5) is 0 Å². The first-order valence-corrected chi connectivity index (χ1v) is 6.14. The van der Waals surface area contributed by atoms with E-state index in [2.05, 4.69) is 46.9 Å². The predicted octanol–water partition coefficient (Wildman–Crippen LogP) is 3.34. The van der Waals surface area contributed by atoms with Gasteiger partial charge in [-0.25, -0.2) is 0 Å². The molecule has 0 saturated carbocycles. The van der Waals surface area contributed by atoms with E-state index in [-0.39, 0.29) is 5.78 Å². The van der Waals surface area contributed by atoms with Crippen LogP contribution in [0, 0.1) is 3.57 Å². The summed E-state index contributed by atoms with van der Waals surface area (Å²) in [4.78, 5) is 11.1. The predicted molar refractivity (Wildman–Crippen MR) is 72.7 cm³/mol. The molecule has 0 aliphatic rings. The van der Waals surface area contributed by atoms with Gasteiger partial charge in [0.1, 0.15) is 0 Å². The van der Waals surface area contributed by atoms with Gasteiger partial charge < -0.3 is 4.57 Å². The van der Waals surface area contributed by atoms with Crippen LogP contribution in [-0.4, -0.2) is 10.4 Å². The third-order valence-electron chi connectivity index (χ3n) is 2.44. The molecule has 0 radical (unpaired) electrons. The highest BCUT2D eigenvalue weighted by atomic mass is 127. The van der Waals surface area contributed by atoms with Crippen molar-refractivity contribution >= 4 is 28.4 Å². The molecular weight excluding hydrogens is 313 g/mol. The minimum absolute atomic E-state index is 0.112. The number of nitrogens with zero attached hydrogens (tertiary/aromatic N) is 1. The molecule has 0 amide bonds. The Morgan fingerprint density at radius 3 is 2.50 bits per heavy atom. The van der Waals surface area contributed by atoms with Crippen LogP contribution in [-0.2, 0) is 6.54 Å². The fourth-order valence-corrected chi connectivity index (χ4v) is 1.91. The number of hydrogen-bond acceptors (Lipinski definition) is 1. The average Bonchev–Trinajstić information content (AvgIpc) is 2.70. The summed E-state index contributed by atoms with van der Waals surface area (Å²) in [5.74, 6) is 0.112. The van der Waals surface area contributed by atoms with Gasteiger partial charge in [-0.1, -0.05) is 12.1 Å². The molecule has 2 aromatic rings. The zero-order chi connectivity index (χ0) is 11.5. The summed E-state index contributed by atoms with van der Waals surface area (Å²) in [5.41, 5.74) is 2.01. The molecule has 0 saturated heterocycles. The Labute approximate surface area is 108 Å². The lowest BCUT2D eigenvalue weighted by Gasteiger charge is -2.02. The van der Waals surface area contributed by atoms with Gasteiger partial charge in [0.25, 0.3) is 0 Å². The van der Waals surface area contributed by atoms with Crippen LogP contribution in [0.2, 0.25) is 0 Å². The number of rotatable bonds is 3. The van der Waals surface area contributed by atoms with Gasteiger partial charge in [-0.15, -0.1) is 0 Å². The summed E-state index contributed by atoms with van der Waals surface area (Å²) in [6.45, 7) is 2.40. The standard InChI is InChI=1S/C13H12INO/c1-10(16)12-6-7-15(9-12)8-11-2-4-13(14)5-3-11/h2-7,9H,8H2,1H3. The molecule has 0 spiro atoms. The third-order valence-corrected chi connectivity index (χ3v) is 3.15. The first-order valence-electron chi connectivity index (χ1n) is 5.06. The molecule has 1 heterocycles. The molecule has 0 N–H and O–H groups in total. The Morgan fingerprint density at radius 1 is 1.25 bits per heavy atom. The van der Waals surface area contributed by atoms with Crippen molar-refractivity contribution in [1.82, 2.24) is 4.57 Å². The molecule has 0 aliphatic carbocycles. The van der Waals surface area contributed by atoms with Crippen molar-refractivity contribution in [3.8, 4) is 0 Å². The second-order valence-electron chi connectivity index (χ2n) is 3.76. The lowest BCUT2D eigenvalue weighted by molar-refractivity contribution is 0.101. The maximum Gasteiger partial charge on any atom is 0.161 e. The van der Waals surface area contributed by atoms with Crippen molar-refractivity contribution in [3.63, 3.8) is 0 Å². The SMILES string of the molecule is CC(=O)c1ccn(Cc2ccc(I)cc2)c1. The zero-order valence-corrected chi connectivity index (χ0v) is 11.1. The molecule has 0 fully saturated rings. The fourth-order valence-electron chi connectivity index (χ4n) is 1.55. The van der Waals surface area contributed by atoms with E-state index in [1.807, 2.05) is 23.0 Å². The summed E-state index contributed by atoms with van der Waals surface area (Å²) in [5, 5.41) is 0. The van der Waals surface area contributed by atoms with E-state index in [0.29, 0.717) is 0 Å². The fraction of sp³-hybridized carbons (Fsp3) is 0.154. The molecule has 3 heteroatoms. The van der Waals surface area contributed by atoms with Crippen LogP contribution in [0.15, 0.2) is 42.7 Å². The summed E-state index contributed by atoms with van der Waals surface area (Å²) >= 11 is 2.29. The topological polar surface area (TPSA) is 22.0 Å². The van der Waals surface area contributed by atoms with Crippen LogP contribution in [0.5, 0.6) is 0 Å². The average molecular weight is 325 g/mol. The molecule has 2 nitrogen and oxygen atoms in total. The maximum atomic E-state index is 11.1. The Balaban J connectivity index is 2.14. The summed E-state index contributed by atoms with van der Waals surface area (Å²) in [6.07, 6.45) is 3.83. The second-order valence-corrected chi connectivity index (χ2v) is 5.00. The Hall–Kier alpha value is -1.10. The highest BCUT2D eigenvalue weighted by Crippen LogP contribution is 2.10. The monoisotopic (exact) mass is 325 g/mol. The van der Waals surface area contributed by atoms with E-state index in [9.17, 15) is 4.79 Å². The second kappa shape index (κ2) is 4.82. The number of halogens is 1. The first kappa shape index (κ1) is 11.4. The number of hydrogen-bond donors (Lipinski definition) is 0. The Morgan fingerprint density at radius 2 is 1.94 bits per heavy atom. The quantitative estimate of drug-likeness (QED) is 0.627. The largest absolute Gasteiger partial charge is 0.349 e. The van der Waals surface area contributed by atoms with Crippen LogP contribution in [0.3, 0.4) is 0 Å². The van der Waals surface area contributed by atoms with E-state index in [1.54, 1.807) is 6.92 Å². The number of Topliss-reactive ketones (excluding diaryl/α,β-unsaturated/α-hetero) is 1. The third kappa shape index (κ3) is 2.72. The van der Waals surface area contributed by atoms with E-state index in [4.69, 9.17) is 0 Å². The van der Waals surface area contributed by atoms with Crippen LogP contribution in [0.25, 0.3) is 0 Å². The molecular formula is C13H12INO. The number of carbonyl (C=O) groups excluding carboxylic acids is 1. The van der Waals surface area contributed by atoms with Crippen LogP contribution >= 0.6 is 22.6 Å². The Bertz CT molecular complexity index is 499. The molecule has 1 aromatic carbocycles. The normalized spacial score (nSPS) is 10.4. The van der Waals surface area contributed by atoms with Crippen LogP contribution < -0.4 is 0 Å². The van der Waals surface area contributed by atoms with Gasteiger partial charge in [-0.2, -0.15) is 0 Å². The molecule has 0 aliphatic heterocycles. The van der Waals surface area contributed by atoms with E-state index >= 15 is 0 Å². The molecule has 0 bridgehead atoms. The Kier molecular flexibility index (Phi) is 3.43.